The zero-order chi connectivity index (χ0) is 22.2. The first kappa shape index (κ1) is 22.0. The number of hydrogen-bond donors (Lipinski definition) is 1. The molecule has 0 radical (unpaired) electrons. The molecule has 0 bridgehead atoms. The second-order valence-corrected chi connectivity index (χ2v) is 8.65. The van der Waals surface area contributed by atoms with Crippen LogP contribution in [0.3, 0.4) is 0 Å². The summed E-state index contributed by atoms with van der Waals surface area (Å²) in [6.45, 7) is 9.79. The van der Waals surface area contributed by atoms with Gasteiger partial charge in [-0.1, -0.05) is 11.6 Å². The normalized spacial score (nSPS) is 14.8. The molecule has 9 heteroatoms. The molecule has 0 atom stereocenters. The lowest BCUT2D eigenvalue weighted by Crippen LogP contribution is -2.50. The highest BCUT2D eigenvalue weighted by Gasteiger charge is 2.27. The molecule has 0 unspecified atom stereocenters. The number of halogens is 1. The number of aromatic nitrogens is 1. The minimum absolute atomic E-state index is 0.271. The molecule has 30 heavy (non-hydrogen) atoms. The third-order valence-corrected chi connectivity index (χ3v) is 5.29. The molecular weight excluding hydrogens is 410 g/mol. The number of benzene rings is 1. The molecule has 1 fully saturated rings. The third kappa shape index (κ3) is 4.38. The summed E-state index contributed by atoms with van der Waals surface area (Å²) in [5, 5.41) is 10.2. The summed E-state index contributed by atoms with van der Waals surface area (Å²) in [4.78, 5) is 40.1. The Kier molecular flexibility index (Phi) is 5.99. The van der Waals surface area contributed by atoms with Crippen LogP contribution in [0.2, 0.25) is 5.02 Å². The number of piperazine rings is 1. The standard InChI is InChI=1S/C21H26ClN3O5/c1-5-23-12-14(19(27)28)18(26)13-10-17(15(22)11-16(13)23)24-6-8-25(9-7-24)20(29)30-21(2,3)4/h10-12H,5-9H2,1-4H3,(H,27,28). The zero-order valence-electron chi connectivity index (χ0n) is 17.6. The lowest BCUT2D eigenvalue weighted by Gasteiger charge is -2.37. The monoisotopic (exact) mass is 435 g/mol. The summed E-state index contributed by atoms with van der Waals surface area (Å²) in [5.41, 5.74) is -0.125. The summed E-state index contributed by atoms with van der Waals surface area (Å²) in [6, 6.07) is 3.35. The Balaban J connectivity index is 1.91. The molecule has 1 aliphatic rings. The van der Waals surface area contributed by atoms with Crippen molar-refractivity contribution in [1.29, 1.82) is 0 Å². The summed E-state index contributed by atoms with van der Waals surface area (Å²) >= 11 is 6.53. The van der Waals surface area contributed by atoms with Crippen LogP contribution < -0.4 is 10.3 Å². The molecule has 0 spiro atoms. The van der Waals surface area contributed by atoms with Crippen LogP contribution in [0.25, 0.3) is 10.9 Å². The number of amides is 1. The second kappa shape index (κ2) is 8.18. The number of nitrogens with zero attached hydrogens (tertiary/aromatic N) is 3. The van der Waals surface area contributed by atoms with Crippen molar-refractivity contribution in [3.63, 3.8) is 0 Å². The van der Waals surface area contributed by atoms with E-state index < -0.39 is 17.0 Å². The first-order chi connectivity index (χ1) is 14.0. The van der Waals surface area contributed by atoms with Crippen LogP contribution in [-0.2, 0) is 11.3 Å². The first-order valence-electron chi connectivity index (χ1n) is 9.84. The molecule has 2 heterocycles. The maximum atomic E-state index is 12.7. The Bertz CT molecular complexity index is 1050. The number of carbonyl (C=O) groups excluding carboxylic acids is 1. The highest BCUT2D eigenvalue weighted by atomic mass is 35.5. The van der Waals surface area contributed by atoms with Crippen LogP contribution in [0.15, 0.2) is 23.1 Å². The fraction of sp³-hybridized carbons (Fsp3) is 0.476. The number of hydrogen-bond acceptors (Lipinski definition) is 5. The predicted molar refractivity (Wildman–Crippen MR) is 116 cm³/mol. The fourth-order valence-electron chi connectivity index (χ4n) is 3.51. The molecule has 162 valence electrons. The number of rotatable bonds is 3. The molecule has 0 aliphatic carbocycles. The van der Waals surface area contributed by atoms with E-state index in [1.165, 1.54) is 6.20 Å². The average Bonchev–Trinajstić information content (AvgIpc) is 2.66. The molecule has 1 aromatic heterocycles. The van der Waals surface area contributed by atoms with E-state index in [9.17, 15) is 19.5 Å². The minimum atomic E-state index is -1.26. The van der Waals surface area contributed by atoms with Gasteiger partial charge in [0.1, 0.15) is 11.2 Å². The van der Waals surface area contributed by atoms with Crippen molar-refractivity contribution in [2.45, 2.75) is 39.8 Å². The van der Waals surface area contributed by atoms with Crippen molar-refractivity contribution in [2.75, 3.05) is 31.1 Å². The second-order valence-electron chi connectivity index (χ2n) is 8.24. The van der Waals surface area contributed by atoms with Crippen molar-refractivity contribution in [3.8, 4) is 0 Å². The molecular formula is C21H26ClN3O5. The Labute approximate surface area is 179 Å². The van der Waals surface area contributed by atoms with Crippen LogP contribution in [-0.4, -0.2) is 58.4 Å². The molecule has 1 aliphatic heterocycles. The summed E-state index contributed by atoms with van der Waals surface area (Å²) in [7, 11) is 0. The lowest BCUT2D eigenvalue weighted by atomic mass is 10.1. The van der Waals surface area contributed by atoms with Crippen molar-refractivity contribution in [1.82, 2.24) is 9.47 Å². The number of carboxylic acids is 1. The Morgan fingerprint density at radius 1 is 1.17 bits per heavy atom. The molecule has 2 aromatic rings. The van der Waals surface area contributed by atoms with Gasteiger partial charge in [-0.15, -0.1) is 0 Å². The highest BCUT2D eigenvalue weighted by Crippen LogP contribution is 2.31. The van der Waals surface area contributed by atoms with Gasteiger partial charge in [0.15, 0.2) is 0 Å². The molecule has 8 nitrogen and oxygen atoms in total. The molecule has 1 N–H and O–H groups in total. The van der Waals surface area contributed by atoms with Crippen LogP contribution in [0, 0.1) is 0 Å². The largest absolute Gasteiger partial charge is 0.477 e. The van der Waals surface area contributed by atoms with Crippen molar-refractivity contribution >= 4 is 40.3 Å². The van der Waals surface area contributed by atoms with Gasteiger partial charge in [0.05, 0.1) is 16.2 Å². The number of aromatic carboxylic acids is 1. The van der Waals surface area contributed by atoms with E-state index in [0.717, 1.165) is 0 Å². The Morgan fingerprint density at radius 3 is 2.33 bits per heavy atom. The number of carboxylic acid groups (broad SMARTS) is 1. The van der Waals surface area contributed by atoms with Crippen molar-refractivity contribution < 1.29 is 19.4 Å². The first-order valence-corrected chi connectivity index (χ1v) is 10.2. The van der Waals surface area contributed by atoms with Crippen LogP contribution in [0.4, 0.5) is 10.5 Å². The number of aryl methyl sites for hydroxylation is 1. The van der Waals surface area contributed by atoms with E-state index in [-0.39, 0.29) is 11.7 Å². The smallest absolute Gasteiger partial charge is 0.410 e. The maximum absolute atomic E-state index is 12.7. The summed E-state index contributed by atoms with van der Waals surface area (Å²) in [5.74, 6) is -1.26. The summed E-state index contributed by atoms with van der Waals surface area (Å²) in [6.07, 6.45) is 0.992. The number of pyridine rings is 1. The zero-order valence-corrected chi connectivity index (χ0v) is 18.3. The quantitative estimate of drug-likeness (QED) is 0.794. The lowest BCUT2D eigenvalue weighted by molar-refractivity contribution is 0.0240. The minimum Gasteiger partial charge on any atom is -0.477 e. The molecule has 1 aromatic carbocycles. The van der Waals surface area contributed by atoms with Gasteiger partial charge >= 0.3 is 12.1 Å². The van der Waals surface area contributed by atoms with E-state index in [2.05, 4.69) is 0 Å². The van der Waals surface area contributed by atoms with E-state index in [1.54, 1.807) is 21.6 Å². The molecule has 1 saturated heterocycles. The van der Waals surface area contributed by atoms with Gasteiger partial charge in [-0.05, 0) is 39.8 Å². The highest BCUT2D eigenvalue weighted by molar-refractivity contribution is 6.34. The summed E-state index contributed by atoms with van der Waals surface area (Å²) < 4.78 is 7.12. The van der Waals surface area contributed by atoms with E-state index in [0.29, 0.717) is 54.3 Å². The maximum Gasteiger partial charge on any atom is 0.410 e. The van der Waals surface area contributed by atoms with Gasteiger partial charge in [-0.25, -0.2) is 9.59 Å². The number of ether oxygens (including phenoxy) is 1. The third-order valence-electron chi connectivity index (χ3n) is 4.99. The predicted octanol–water partition coefficient (Wildman–Crippen LogP) is 3.43. The van der Waals surface area contributed by atoms with Crippen molar-refractivity contribution in [2.24, 2.45) is 0 Å². The van der Waals surface area contributed by atoms with Gasteiger partial charge in [0, 0.05) is 44.3 Å². The topological polar surface area (TPSA) is 92.1 Å². The van der Waals surface area contributed by atoms with Gasteiger partial charge in [0.2, 0.25) is 5.43 Å². The van der Waals surface area contributed by atoms with Gasteiger partial charge in [0.25, 0.3) is 0 Å². The van der Waals surface area contributed by atoms with Gasteiger partial charge < -0.3 is 24.2 Å². The van der Waals surface area contributed by atoms with Crippen LogP contribution in [0.1, 0.15) is 38.1 Å². The number of anilines is 1. The van der Waals surface area contributed by atoms with E-state index in [1.807, 2.05) is 32.6 Å². The molecule has 1 amide bonds. The number of carbonyl (C=O) groups is 2. The van der Waals surface area contributed by atoms with Crippen molar-refractivity contribution in [3.05, 3.63) is 39.1 Å². The fourth-order valence-corrected chi connectivity index (χ4v) is 3.79. The van der Waals surface area contributed by atoms with E-state index >= 15 is 0 Å². The average molecular weight is 436 g/mol. The number of fused-ring (bicyclic) bond motifs is 1. The Hall–Kier alpha value is -2.74. The van der Waals surface area contributed by atoms with Crippen LogP contribution >= 0.6 is 11.6 Å². The SMILES string of the molecule is CCn1cc(C(=O)O)c(=O)c2cc(N3CCN(C(=O)OC(C)(C)C)CC3)c(Cl)cc21. The van der Waals surface area contributed by atoms with Gasteiger partial charge in [-0.3, -0.25) is 4.79 Å². The molecule has 3 rings (SSSR count). The van der Waals surface area contributed by atoms with Gasteiger partial charge in [-0.2, -0.15) is 0 Å². The van der Waals surface area contributed by atoms with E-state index in [4.69, 9.17) is 16.3 Å². The van der Waals surface area contributed by atoms with Crippen LogP contribution in [0.5, 0.6) is 0 Å². The Morgan fingerprint density at radius 2 is 1.80 bits per heavy atom. The molecule has 0 saturated carbocycles.